The standard InChI is InChI=1S/C15H12F3N3O3/c1-8-2-3-9(6-12(8)21(23)24)20-13(22)7-19-11-5-4-10(16)14(17)15(11)18/h2-6,19H,7H2,1H3,(H,20,22). The van der Waals surface area contributed by atoms with Crippen LogP contribution in [0.2, 0.25) is 0 Å². The highest BCUT2D eigenvalue weighted by Gasteiger charge is 2.15. The van der Waals surface area contributed by atoms with E-state index in [0.717, 1.165) is 12.1 Å². The normalized spacial score (nSPS) is 10.3. The SMILES string of the molecule is Cc1ccc(NC(=O)CNc2ccc(F)c(F)c2F)cc1[N+](=O)[O-]. The van der Waals surface area contributed by atoms with E-state index in [1.165, 1.54) is 18.2 Å². The first-order valence-corrected chi connectivity index (χ1v) is 6.72. The smallest absolute Gasteiger partial charge is 0.274 e. The molecular formula is C15H12F3N3O3. The van der Waals surface area contributed by atoms with Gasteiger partial charge in [-0.15, -0.1) is 0 Å². The Balaban J connectivity index is 2.03. The minimum absolute atomic E-state index is 0.160. The van der Waals surface area contributed by atoms with Crippen molar-refractivity contribution in [3.05, 3.63) is 63.5 Å². The van der Waals surface area contributed by atoms with Crippen molar-refractivity contribution in [1.82, 2.24) is 0 Å². The first-order chi connectivity index (χ1) is 11.3. The molecule has 9 heteroatoms. The zero-order chi connectivity index (χ0) is 17.9. The first-order valence-electron chi connectivity index (χ1n) is 6.72. The number of rotatable bonds is 5. The summed E-state index contributed by atoms with van der Waals surface area (Å²) < 4.78 is 39.3. The van der Waals surface area contributed by atoms with Crippen molar-refractivity contribution in [2.24, 2.45) is 0 Å². The van der Waals surface area contributed by atoms with E-state index >= 15 is 0 Å². The molecule has 24 heavy (non-hydrogen) atoms. The first kappa shape index (κ1) is 17.3. The molecule has 1 amide bonds. The van der Waals surface area contributed by atoms with E-state index in [4.69, 9.17) is 0 Å². The van der Waals surface area contributed by atoms with E-state index in [9.17, 15) is 28.1 Å². The van der Waals surface area contributed by atoms with Gasteiger partial charge >= 0.3 is 0 Å². The molecule has 0 aliphatic heterocycles. The largest absolute Gasteiger partial charge is 0.374 e. The third-order valence-corrected chi connectivity index (χ3v) is 3.16. The van der Waals surface area contributed by atoms with E-state index in [0.29, 0.717) is 5.56 Å². The molecule has 6 nitrogen and oxygen atoms in total. The molecule has 2 aromatic carbocycles. The average Bonchev–Trinajstić information content (AvgIpc) is 2.53. The Bertz CT molecular complexity index is 812. The van der Waals surface area contributed by atoms with Crippen molar-refractivity contribution < 1.29 is 22.9 Å². The van der Waals surface area contributed by atoms with Crippen LogP contribution in [0.1, 0.15) is 5.56 Å². The molecule has 2 rings (SSSR count). The Morgan fingerprint density at radius 3 is 2.54 bits per heavy atom. The maximum absolute atomic E-state index is 13.4. The maximum Gasteiger partial charge on any atom is 0.274 e. The van der Waals surface area contributed by atoms with Gasteiger partial charge in [-0.05, 0) is 25.1 Å². The highest BCUT2D eigenvalue weighted by Crippen LogP contribution is 2.22. The molecule has 0 bridgehead atoms. The van der Waals surface area contributed by atoms with Crippen LogP contribution < -0.4 is 10.6 Å². The topological polar surface area (TPSA) is 84.3 Å². The van der Waals surface area contributed by atoms with Crippen molar-refractivity contribution in [1.29, 1.82) is 0 Å². The highest BCUT2D eigenvalue weighted by molar-refractivity contribution is 5.94. The zero-order valence-corrected chi connectivity index (χ0v) is 12.4. The second-order valence-corrected chi connectivity index (χ2v) is 4.88. The third kappa shape index (κ3) is 3.80. The van der Waals surface area contributed by atoms with Gasteiger partial charge in [-0.3, -0.25) is 14.9 Å². The number of amides is 1. The number of nitro benzene ring substituents is 1. The molecule has 0 aliphatic rings. The second-order valence-electron chi connectivity index (χ2n) is 4.88. The van der Waals surface area contributed by atoms with E-state index in [1.54, 1.807) is 6.92 Å². The number of nitro groups is 1. The number of hydrogen-bond donors (Lipinski definition) is 2. The van der Waals surface area contributed by atoms with Gasteiger partial charge < -0.3 is 10.6 Å². The Kier molecular flexibility index (Phi) is 5.02. The lowest BCUT2D eigenvalue weighted by atomic mass is 10.2. The molecule has 2 aromatic rings. The van der Waals surface area contributed by atoms with Crippen molar-refractivity contribution in [2.75, 3.05) is 17.2 Å². The number of nitrogens with zero attached hydrogens (tertiary/aromatic N) is 1. The monoisotopic (exact) mass is 339 g/mol. The molecule has 126 valence electrons. The van der Waals surface area contributed by atoms with E-state index < -0.39 is 34.8 Å². The summed E-state index contributed by atoms with van der Waals surface area (Å²) in [5.41, 5.74) is 0.0798. The molecule has 0 atom stereocenters. The summed E-state index contributed by atoms with van der Waals surface area (Å²) in [6.07, 6.45) is 0. The zero-order valence-electron chi connectivity index (χ0n) is 12.4. The molecule has 0 radical (unpaired) electrons. The summed E-state index contributed by atoms with van der Waals surface area (Å²) in [6, 6.07) is 5.81. The number of halogens is 3. The Morgan fingerprint density at radius 2 is 1.88 bits per heavy atom. The third-order valence-electron chi connectivity index (χ3n) is 3.16. The Hall–Kier alpha value is -3.10. The fraction of sp³-hybridized carbons (Fsp3) is 0.133. The van der Waals surface area contributed by atoms with Crippen LogP contribution in [0, 0.1) is 34.5 Å². The second kappa shape index (κ2) is 6.99. The lowest BCUT2D eigenvalue weighted by molar-refractivity contribution is -0.385. The fourth-order valence-electron chi connectivity index (χ4n) is 1.93. The summed E-state index contributed by atoms with van der Waals surface area (Å²) >= 11 is 0. The van der Waals surface area contributed by atoms with Gasteiger partial charge in [-0.2, -0.15) is 0 Å². The van der Waals surface area contributed by atoms with Crippen LogP contribution in [0.3, 0.4) is 0 Å². The number of nitrogens with one attached hydrogen (secondary N) is 2. The molecule has 0 fully saturated rings. The molecular weight excluding hydrogens is 327 g/mol. The van der Waals surface area contributed by atoms with Crippen molar-refractivity contribution in [3.63, 3.8) is 0 Å². The molecule has 0 saturated heterocycles. The molecule has 0 spiro atoms. The Morgan fingerprint density at radius 1 is 1.17 bits per heavy atom. The van der Waals surface area contributed by atoms with Crippen molar-refractivity contribution in [3.8, 4) is 0 Å². The molecule has 0 unspecified atom stereocenters. The quantitative estimate of drug-likeness (QED) is 0.497. The van der Waals surface area contributed by atoms with Gasteiger partial charge in [-0.1, -0.05) is 6.07 Å². The van der Waals surface area contributed by atoms with Crippen LogP contribution in [0.15, 0.2) is 30.3 Å². The number of carbonyl (C=O) groups is 1. The molecule has 2 N–H and O–H groups in total. The van der Waals surface area contributed by atoms with Crippen LogP contribution >= 0.6 is 0 Å². The fourth-order valence-corrected chi connectivity index (χ4v) is 1.93. The van der Waals surface area contributed by atoms with Gasteiger partial charge in [0.25, 0.3) is 5.69 Å². The van der Waals surface area contributed by atoms with Crippen LogP contribution in [0.5, 0.6) is 0 Å². The van der Waals surface area contributed by atoms with Crippen molar-refractivity contribution in [2.45, 2.75) is 6.92 Å². The average molecular weight is 339 g/mol. The van der Waals surface area contributed by atoms with Gasteiger partial charge in [0, 0.05) is 17.3 Å². The maximum atomic E-state index is 13.4. The summed E-state index contributed by atoms with van der Waals surface area (Å²) in [4.78, 5) is 22.0. The summed E-state index contributed by atoms with van der Waals surface area (Å²) in [5, 5.41) is 15.5. The minimum Gasteiger partial charge on any atom is -0.374 e. The number of anilines is 2. The van der Waals surface area contributed by atoms with Gasteiger partial charge in [0.05, 0.1) is 17.2 Å². The molecule has 0 aromatic heterocycles. The lowest BCUT2D eigenvalue weighted by Gasteiger charge is -2.09. The Labute approximate surface area is 134 Å². The number of aryl methyl sites for hydroxylation is 1. The van der Waals surface area contributed by atoms with Gasteiger partial charge in [0.1, 0.15) is 0 Å². The summed E-state index contributed by atoms with van der Waals surface area (Å²) in [5.74, 6) is -5.06. The minimum atomic E-state index is -1.64. The van der Waals surface area contributed by atoms with Crippen molar-refractivity contribution >= 4 is 23.0 Å². The summed E-state index contributed by atoms with van der Waals surface area (Å²) in [6.45, 7) is 1.11. The number of benzene rings is 2. The van der Waals surface area contributed by atoms with E-state index in [-0.39, 0.29) is 17.1 Å². The predicted octanol–water partition coefficient (Wildman–Crippen LogP) is 3.37. The summed E-state index contributed by atoms with van der Waals surface area (Å²) in [7, 11) is 0. The van der Waals surface area contributed by atoms with Gasteiger partial charge in [-0.25, -0.2) is 13.2 Å². The van der Waals surface area contributed by atoms with E-state index in [1.807, 2.05) is 0 Å². The molecule has 0 saturated carbocycles. The van der Waals surface area contributed by atoms with E-state index in [2.05, 4.69) is 10.6 Å². The van der Waals surface area contributed by atoms with Crippen LogP contribution in [0.4, 0.5) is 30.2 Å². The van der Waals surface area contributed by atoms with Crippen LogP contribution in [0.25, 0.3) is 0 Å². The molecule has 0 aliphatic carbocycles. The number of carbonyl (C=O) groups excluding carboxylic acids is 1. The number of hydrogen-bond acceptors (Lipinski definition) is 4. The van der Waals surface area contributed by atoms with Crippen LogP contribution in [-0.2, 0) is 4.79 Å². The van der Waals surface area contributed by atoms with Gasteiger partial charge in [0.2, 0.25) is 5.91 Å². The lowest BCUT2D eigenvalue weighted by Crippen LogP contribution is -2.22. The molecule has 0 heterocycles. The highest BCUT2D eigenvalue weighted by atomic mass is 19.2. The van der Waals surface area contributed by atoms with Gasteiger partial charge in [0.15, 0.2) is 17.5 Å². The predicted molar refractivity (Wildman–Crippen MR) is 81.3 cm³/mol. The van der Waals surface area contributed by atoms with Crippen LogP contribution in [-0.4, -0.2) is 17.4 Å².